The number of ether oxygens (including phenoxy) is 4. The van der Waals surface area contributed by atoms with Gasteiger partial charge in [-0.15, -0.1) is 11.3 Å². The number of para-hydroxylation sites is 1. The number of nitrogens with zero attached hydrogens (tertiary/aromatic N) is 4. The van der Waals surface area contributed by atoms with Gasteiger partial charge in [0.2, 0.25) is 17.7 Å². The van der Waals surface area contributed by atoms with Crippen molar-refractivity contribution in [3.05, 3.63) is 141 Å². The summed E-state index contributed by atoms with van der Waals surface area (Å²) < 4.78 is 69.8. The number of alkyl halides is 1. The molecule has 6 atom stereocenters. The molecule has 0 aliphatic carbocycles. The molecular weight excluding hydrogens is 1080 g/mol. The Hall–Kier alpha value is -7.01. The Morgan fingerprint density at radius 3 is 2.10 bits per heavy atom. The Morgan fingerprint density at radius 1 is 0.854 bits per heavy atom. The van der Waals surface area contributed by atoms with Crippen LogP contribution in [-0.2, 0) is 35.0 Å². The number of β-amino-alcohol motifs (C(OH)–C–C–N with tert-alkyl or cyclic N) is 1. The first kappa shape index (κ1) is 59.6. The summed E-state index contributed by atoms with van der Waals surface area (Å²) in [5.41, 5.74) is 4.36. The number of aromatic nitrogens is 2. The van der Waals surface area contributed by atoms with Gasteiger partial charge >= 0.3 is 0 Å². The lowest BCUT2D eigenvalue weighted by atomic mass is 9.85. The molecule has 0 spiro atoms. The van der Waals surface area contributed by atoms with Crippen LogP contribution in [0.1, 0.15) is 109 Å². The lowest BCUT2D eigenvalue weighted by Crippen LogP contribution is -2.58. The predicted molar refractivity (Wildman–Crippen MR) is 302 cm³/mol. The van der Waals surface area contributed by atoms with E-state index in [2.05, 4.69) is 20.6 Å². The van der Waals surface area contributed by atoms with Crippen molar-refractivity contribution in [3.8, 4) is 16.2 Å². The Labute approximate surface area is 478 Å². The minimum Gasteiger partial charge on any atom is -0.491 e. The van der Waals surface area contributed by atoms with Crippen LogP contribution in [0.5, 0.6) is 5.75 Å². The van der Waals surface area contributed by atoms with E-state index in [0.717, 1.165) is 49.6 Å². The van der Waals surface area contributed by atoms with E-state index in [1.54, 1.807) is 62.7 Å². The van der Waals surface area contributed by atoms with Gasteiger partial charge in [-0.25, -0.2) is 18.2 Å². The minimum absolute atomic E-state index is 0.0127. The van der Waals surface area contributed by atoms with Gasteiger partial charge in [-0.1, -0.05) is 75.4 Å². The molecule has 0 bridgehead atoms. The van der Waals surface area contributed by atoms with E-state index in [-0.39, 0.29) is 94.2 Å². The smallest absolute Gasteiger partial charge is 0.261 e. The van der Waals surface area contributed by atoms with Crippen molar-refractivity contribution in [2.24, 2.45) is 5.41 Å². The number of H-pyrrole nitrogens is 1. The molecule has 3 aliphatic rings. The molecule has 0 unspecified atom stereocenters. The number of carbonyl (C=O) groups is 5. The van der Waals surface area contributed by atoms with Crippen molar-refractivity contribution in [3.63, 3.8) is 0 Å². The van der Waals surface area contributed by atoms with Crippen LogP contribution >= 0.6 is 11.3 Å². The second-order valence-electron chi connectivity index (χ2n) is 22.8. The van der Waals surface area contributed by atoms with Crippen molar-refractivity contribution in [2.75, 3.05) is 65.9 Å². The predicted octanol–water partition coefficient (Wildman–Crippen LogP) is 8.04. The minimum atomic E-state index is -1.63. The molecule has 5 heterocycles. The summed E-state index contributed by atoms with van der Waals surface area (Å²) in [5, 5.41) is 17.6. The number of hydrogen-bond donors (Lipinski definition) is 4. The van der Waals surface area contributed by atoms with Crippen molar-refractivity contribution in [1.29, 1.82) is 0 Å². The van der Waals surface area contributed by atoms with E-state index in [0.29, 0.717) is 17.7 Å². The molecule has 0 radical (unpaired) electrons. The summed E-state index contributed by atoms with van der Waals surface area (Å²) in [6.45, 7) is 11.7. The number of halogens is 3. The van der Waals surface area contributed by atoms with Crippen molar-refractivity contribution in [1.82, 2.24) is 35.3 Å². The van der Waals surface area contributed by atoms with Gasteiger partial charge in [-0.3, -0.25) is 33.8 Å². The second-order valence-corrected chi connectivity index (χ2v) is 23.7. The molecule has 1 fully saturated rings. The van der Waals surface area contributed by atoms with Crippen LogP contribution in [-0.4, -0.2) is 155 Å². The van der Waals surface area contributed by atoms with Crippen LogP contribution in [0.25, 0.3) is 21.3 Å². The summed E-state index contributed by atoms with van der Waals surface area (Å²) in [5.74, 6) is -4.46. The number of carbonyl (C=O) groups excluding carboxylic acids is 5. The molecule has 0 saturated carbocycles. The number of likely N-dealkylation sites (tertiary alicyclic amines) is 1. The van der Waals surface area contributed by atoms with Crippen LogP contribution in [0, 0.1) is 24.0 Å². The number of fused-ring (bicyclic) bond motifs is 4. The standard InChI is InChI=1S/C61H70F3N7O10S/c1-35-26-44-41-12-10-11-15-47(41)66-52(44)53(71(35)33-61(6,7)64)51-45(62)28-40(29-46(51)63)81-25-24-79-21-20-78-22-23-80-32-50(73)68-55(60(3,4)5)59(77)69-30-39(72)27-49(69)56(74)67-48(31-70-57(75)42-13-8-9-14-43(42)58(70)76)37-16-18-38(19-17-37)54-36(2)65-34-82-54/h8-19,28-29,34-35,39,48-49,53,55,66,72H,20-27,30-33H2,1-7H3,(H,67,74)(H,68,73)/t35-,39-,48+,49+,53-,55-/m1/s1. The third-order valence-electron chi connectivity index (χ3n) is 15.0. The Balaban J connectivity index is 0.729. The zero-order chi connectivity index (χ0) is 58.6. The number of amides is 5. The maximum atomic E-state index is 16.1. The van der Waals surface area contributed by atoms with Crippen molar-refractivity contribution >= 4 is 51.8 Å². The SMILES string of the molecule is Cc1ncsc1-c1ccc([C@H](CN2C(=O)c3ccccc3C2=O)NC(=O)[C@@H]2C[C@@H](O)CN2C(=O)[C@@H](NC(=O)COCCOCCOCCOc2cc(F)c([C@@H]3c4[nH]c5ccccc5c4C[C@@H](C)N3CC(C)(C)F)c(F)c2)C(C)(C)C)cc1. The normalized spacial score (nSPS) is 19.1. The molecule has 4 N–H and O–H groups in total. The first-order valence-electron chi connectivity index (χ1n) is 27.5. The highest BCUT2D eigenvalue weighted by Gasteiger charge is 2.46. The van der Waals surface area contributed by atoms with E-state index >= 15 is 13.2 Å². The number of nitrogens with one attached hydrogen (secondary N) is 3. The Kier molecular flexibility index (Phi) is 18.3. The van der Waals surface area contributed by atoms with E-state index < -0.39 is 89.1 Å². The van der Waals surface area contributed by atoms with Crippen LogP contribution in [0.3, 0.4) is 0 Å². The van der Waals surface area contributed by atoms with Gasteiger partial charge in [0.15, 0.2) is 0 Å². The van der Waals surface area contributed by atoms with Gasteiger partial charge in [0.25, 0.3) is 11.8 Å². The van der Waals surface area contributed by atoms with Crippen molar-refractivity contribution < 1.29 is 61.2 Å². The van der Waals surface area contributed by atoms with Crippen LogP contribution in [0.15, 0.2) is 90.4 Å². The van der Waals surface area contributed by atoms with Crippen molar-refractivity contribution in [2.45, 2.75) is 103 Å². The molecule has 4 aromatic carbocycles. The molecule has 1 saturated heterocycles. The first-order valence-corrected chi connectivity index (χ1v) is 28.4. The average Bonchev–Trinajstić information content (AvgIpc) is 2.57. The van der Waals surface area contributed by atoms with Crippen LogP contribution in [0.2, 0.25) is 0 Å². The van der Waals surface area contributed by atoms with Gasteiger partial charge in [-0.05, 0) is 74.4 Å². The zero-order valence-electron chi connectivity index (χ0n) is 47.1. The summed E-state index contributed by atoms with van der Waals surface area (Å²) >= 11 is 1.48. The monoisotopic (exact) mass is 1150 g/mol. The molecule has 6 aromatic rings. The molecule has 17 nitrogen and oxygen atoms in total. The number of benzene rings is 4. The fourth-order valence-electron chi connectivity index (χ4n) is 11.1. The summed E-state index contributed by atoms with van der Waals surface area (Å²) in [6, 6.07) is 19.5. The molecular formula is C61H70F3N7O10S. The molecule has 436 valence electrons. The largest absolute Gasteiger partial charge is 0.491 e. The highest BCUT2D eigenvalue weighted by Crippen LogP contribution is 2.44. The lowest BCUT2D eigenvalue weighted by Gasteiger charge is -2.43. The molecule has 82 heavy (non-hydrogen) atoms. The van der Waals surface area contributed by atoms with Crippen LogP contribution < -0.4 is 15.4 Å². The van der Waals surface area contributed by atoms with Crippen LogP contribution in [0.4, 0.5) is 13.2 Å². The second kappa shape index (κ2) is 25.2. The molecule has 9 rings (SSSR count). The fraction of sp³-hybridized carbons (Fsp3) is 0.443. The number of aliphatic hydroxyl groups excluding tert-OH is 1. The maximum Gasteiger partial charge on any atom is 0.261 e. The fourth-order valence-corrected chi connectivity index (χ4v) is 11.9. The highest BCUT2D eigenvalue weighted by atomic mass is 32.1. The lowest BCUT2D eigenvalue weighted by molar-refractivity contribution is -0.144. The number of aromatic amines is 1. The van der Waals surface area contributed by atoms with E-state index in [9.17, 15) is 29.1 Å². The van der Waals surface area contributed by atoms with Gasteiger partial charge in [0.05, 0.1) is 85.0 Å². The Morgan fingerprint density at radius 2 is 1.48 bits per heavy atom. The summed E-state index contributed by atoms with van der Waals surface area (Å²) in [4.78, 5) is 82.0. The molecule has 5 amide bonds. The topological polar surface area (TPSA) is 205 Å². The number of hydrogen-bond acceptors (Lipinski definition) is 13. The van der Waals surface area contributed by atoms with Gasteiger partial charge in [0, 0.05) is 59.8 Å². The molecule has 2 aromatic heterocycles. The van der Waals surface area contributed by atoms with E-state index in [1.165, 1.54) is 30.1 Å². The number of rotatable bonds is 23. The zero-order valence-corrected chi connectivity index (χ0v) is 47.9. The van der Waals surface area contributed by atoms with E-state index in [1.807, 2.05) is 55.1 Å². The number of imide groups is 1. The summed E-state index contributed by atoms with van der Waals surface area (Å²) in [7, 11) is 0. The molecule has 21 heteroatoms. The number of thiazole rings is 1. The molecule has 3 aliphatic heterocycles. The highest BCUT2D eigenvalue weighted by molar-refractivity contribution is 7.13. The quantitative estimate of drug-likeness (QED) is 0.0356. The van der Waals surface area contributed by atoms with Gasteiger partial charge in [0.1, 0.15) is 48.4 Å². The number of aliphatic hydroxyl groups is 1. The van der Waals surface area contributed by atoms with Gasteiger partial charge < -0.3 is 44.6 Å². The number of aryl methyl sites for hydroxylation is 1. The third-order valence-corrected chi connectivity index (χ3v) is 16.0. The van der Waals surface area contributed by atoms with E-state index in [4.69, 9.17) is 18.9 Å². The third kappa shape index (κ3) is 13.4. The maximum absolute atomic E-state index is 16.1. The van der Waals surface area contributed by atoms with Gasteiger partial charge in [-0.2, -0.15) is 0 Å². The Bertz CT molecular complexity index is 3250. The average molecular weight is 1150 g/mol. The first-order chi connectivity index (χ1) is 39.1. The summed E-state index contributed by atoms with van der Waals surface area (Å²) in [6.07, 6.45) is -0.565.